The van der Waals surface area contributed by atoms with Crippen molar-refractivity contribution in [3.05, 3.63) is 18.2 Å². The van der Waals surface area contributed by atoms with Crippen LogP contribution >= 0.6 is 0 Å². The van der Waals surface area contributed by atoms with Crippen molar-refractivity contribution in [1.29, 1.82) is 0 Å². The fourth-order valence-corrected chi connectivity index (χ4v) is 8.63. The van der Waals surface area contributed by atoms with Gasteiger partial charge in [0, 0.05) is 24.1 Å². The fraction of sp³-hybridized carbons (Fsp3) is 0.880. The van der Waals surface area contributed by atoms with E-state index in [2.05, 4.69) is 24.6 Å². The van der Waals surface area contributed by atoms with Crippen LogP contribution < -0.4 is 5.73 Å². The third-order valence-corrected chi connectivity index (χ3v) is 10.5. The first-order valence-corrected chi connectivity index (χ1v) is 12.4. The predicted octanol–water partition coefficient (Wildman–Crippen LogP) is 3.83. The topological polar surface area (TPSA) is 84.3 Å². The number of hydrogen-bond donors (Lipinski definition) is 3. The molecule has 3 unspecified atom stereocenters. The van der Waals surface area contributed by atoms with Gasteiger partial charge in [0.05, 0.1) is 23.7 Å². The molecule has 4 saturated carbocycles. The molecular weight excluding hydrogens is 374 g/mol. The lowest BCUT2D eigenvalue weighted by molar-refractivity contribution is -0.205. The van der Waals surface area contributed by atoms with E-state index in [9.17, 15) is 10.2 Å². The largest absolute Gasteiger partial charge is 0.393 e. The van der Waals surface area contributed by atoms with Gasteiger partial charge in [-0.15, -0.1) is 0 Å². The summed E-state index contributed by atoms with van der Waals surface area (Å²) in [6, 6.07) is 0. The molecule has 0 bridgehead atoms. The van der Waals surface area contributed by atoms with Crippen LogP contribution in [0.5, 0.6) is 0 Å². The molecule has 5 nitrogen and oxygen atoms in total. The lowest BCUT2D eigenvalue weighted by atomic mass is 9.43. The van der Waals surface area contributed by atoms with Crippen LogP contribution in [0.2, 0.25) is 0 Å². The molecular formula is C25H41N3O2. The molecule has 1 aromatic rings. The van der Waals surface area contributed by atoms with Gasteiger partial charge in [0.1, 0.15) is 0 Å². The van der Waals surface area contributed by atoms with Crippen molar-refractivity contribution >= 4 is 0 Å². The Morgan fingerprint density at radius 3 is 2.73 bits per heavy atom. The average Bonchev–Trinajstić information content (AvgIpc) is 3.29. The minimum atomic E-state index is -0.578. The molecule has 1 aromatic heterocycles. The van der Waals surface area contributed by atoms with Crippen LogP contribution in [0.15, 0.2) is 12.5 Å². The highest BCUT2D eigenvalue weighted by atomic mass is 16.3. The van der Waals surface area contributed by atoms with Crippen molar-refractivity contribution in [2.75, 3.05) is 6.54 Å². The van der Waals surface area contributed by atoms with Crippen molar-refractivity contribution in [2.45, 2.75) is 102 Å². The Balaban J connectivity index is 1.41. The molecule has 168 valence electrons. The number of aromatic nitrogens is 2. The Morgan fingerprint density at radius 2 is 1.93 bits per heavy atom. The molecule has 0 radical (unpaired) electrons. The first kappa shape index (κ1) is 21.0. The highest BCUT2D eigenvalue weighted by Gasteiger charge is 2.67. The van der Waals surface area contributed by atoms with E-state index in [0.29, 0.717) is 35.6 Å². The first-order valence-electron chi connectivity index (χ1n) is 12.4. The van der Waals surface area contributed by atoms with Crippen molar-refractivity contribution < 1.29 is 10.2 Å². The van der Waals surface area contributed by atoms with Gasteiger partial charge in [-0.3, -0.25) is 0 Å². The lowest BCUT2D eigenvalue weighted by Crippen LogP contribution is -2.62. The SMILES string of the molecule is C[C@]12CC[C@H](O)C[C@H]1CCC1C2CC[C@]2(C)[C@@H](c3cn(CCCN)cn3)CCC12O. The Morgan fingerprint density at radius 1 is 1.10 bits per heavy atom. The lowest BCUT2D eigenvalue weighted by Gasteiger charge is -2.63. The minimum absolute atomic E-state index is 0.0847. The Bertz CT molecular complexity index is 780. The van der Waals surface area contributed by atoms with E-state index in [1.807, 2.05) is 6.33 Å². The van der Waals surface area contributed by atoms with Gasteiger partial charge in [-0.2, -0.15) is 0 Å². The zero-order valence-electron chi connectivity index (χ0n) is 18.9. The smallest absolute Gasteiger partial charge is 0.0949 e. The van der Waals surface area contributed by atoms with Crippen LogP contribution in [-0.2, 0) is 6.54 Å². The summed E-state index contributed by atoms with van der Waals surface area (Å²) >= 11 is 0. The van der Waals surface area contributed by atoms with E-state index in [4.69, 9.17) is 10.7 Å². The van der Waals surface area contributed by atoms with Gasteiger partial charge in [0.15, 0.2) is 0 Å². The van der Waals surface area contributed by atoms with Gasteiger partial charge in [0.2, 0.25) is 0 Å². The van der Waals surface area contributed by atoms with E-state index >= 15 is 0 Å². The first-order chi connectivity index (χ1) is 14.3. The van der Waals surface area contributed by atoms with E-state index in [0.717, 1.165) is 57.9 Å². The normalized spacial score (nSPS) is 48.1. The highest BCUT2D eigenvalue weighted by Crippen LogP contribution is 2.70. The summed E-state index contributed by atoms with van der Waals surface area (Å²) in [5.41, 5.74) is 6.48. The summed E-state index contributed by atoms with van der Waals surface area (Å²) in [5.74, 6) is 1.98. The third kappa shape index (κ3) is 2.87. The second-order valence-electron chi connectivity index (χ2n) is 11.6. The van der Waals surface area contributed by atoms with Crippen LogP contribution in [0.3, 0.4) is 0 Å². The molecule has 4 aliphatic carbocycles. The summed E-state index contributed by atoms with van der Waals surface area (Å²) in [4.78, 5) is 4.79. The molecule has 4 N–H and O–H groups in total. The van der Waals surface area contributed by atoms with Crippen LogP contribution in [0.1, 0.15) is 89.7 Å². The van der Waals surface area contributed by atoms with Gasteiger partial charge < -0.3 is 20.5 Å². The van der Waals surface area contributed by atoms with E-state index in [1.54, 1.807) is 0 Å². The zero-order chi connectivity index (χ0) is 21.1. The molecule has 1 heterocycles. The van der Waals surface area contributed by atoms with Crippen molar-refractivity contribution in [3.8, 4) is 0 Å². The predicted molar refractivity (Wildman–Crippen MR) is 118 cm³/mol. The molecule has 4 aliphatic rings. The highest BCUT2D eigenvalue weighted by molar-refractivity contribution is 5.24. The van der Waals surface area contributed by atoms with Crippen molar-refractivity contribution in [3.63, 3.8) is 0 Å². The number of fused-ring (bicyclic) bond motifs is 5. The number of rotatable bonds is 4. The summed E-state index contributed by atoms with van der Waals surface area (Å²) in [5, 5.41) is 22.6. The van der Waals surface area contributed by atoms with Gasteiger partial charge in [-0.1, -0.05) is 13.8 Å². The second-order valence-corrected chi connectivity index (χ2v) is 11.6. The molecule has 5 heteroatoms. The number of aliphatic hydroxyl groups is 2. The van der Waals surface area contributed by atoms with Crippen LogP contribution in [-0.4, -0.2) is 38.0 Å². The Kier molecular flexibility index (Phi) is 5.11. The van der Waals surface area contributed by atoms with Crippen LogP contribution in [0.25, 0.3) is 0 Å². The van der Waals surface area contributed by atoms with Gasteiger partial charge in [0.25, 0.3) is 0 Å². The number of imidazole rings is 1. The van der Waals surface area contributed by atoms with Crippen molar-refractivity contribution in [1.82, 2.24) is 9.55 Å². The van der Waals surface area contributed by atoms with E-state index in [1.165, 1.54) is 18.5 Å². The maximum absolute atomic E-state index is 12.3. The van der Waals surface area contributed by atoms with Crippen molar-refractivity contribution in [2.24, 2.45) is 34.3 Å². The number of aliphatic hydroxyl groups excluding tert-OH is 1. The molecule has 0 amide bonds. The summed E-state index contributed by atoms with van der Waals surface area (Å²) < 4.78 is 2.17. The zero-order valence-corrected chi connectivity index (χ0v) is 18.9. The Hall–Kier alpha value is -0.910. The maximum Gasteiger partial charge on any atom is 0.0949 e. The van der Waals surface area contributed by atoms with Crippen LogP contribution in [0.4, 0.5) is 0 Å². The summed E-state index contributed by atoms with van der Waals surface area (Å²) in [6.07, 6.45) is 14.6. The van der Waals surface area contributed by atoms with Gasteiger partial charge >= 0.3 is 0 Å². The number of nitrogens with two attached hydrogens (primary N) is 1. The van der Waals surface area contributed by atoms with Gasteiger partial charge in [-0.05, 0) is 93.9 Å². The van der Waals surface area contributed by atoms with E-state index in [-0.39, 0.29) is 11.5 Å². The Labute approximate surface area is 181 Å². The maximum atomic E-state index is 12.3. The molecule has 30 heavy (non-hydrogen) atoms. The summed E-state index contributed by atoms with van der Waals surface area (Å²) in [6.45, 7) is 6.47. The number of aryl methyl sites for hydroxylation is 1. The molecule has 8 atom stereocenters. The quantitative estimate of drug-likeness (QED) is 0.698. The standard InChI is InChI=1S/C25H41N3O2/c1-23-9-6-18(29)14-17(23)4-5-20-19(23)7-10-24(2)21(8-11-25(20,24)30)22-15-28(16-27-22)13-3-12-26/h15-21,29-30H,3-14,26H2,1-2H3/t17-,18+,19?,20?,21-,23+,24-,25?/m1/s1. The third-order valence-electron chi connectivity index (χ3n) is 10.5. The number of nitrogens with zero attached hydrogens (tertiary/aromatic N) is 2. The average molecular weight is 416 g/mol. The fourth-order valence-electron chi connectivity index (χ4n) is 8.63. The van der Waals surface area contributed by atoms with Gasteiger partial charge in [-0.25, -0.2) is 4.98 Å². The molecule has 4 fully saturated rings. The number of hydrogen-bond acceptors (Lipinski definition) is 4. The minimum Gasteiger partial charge on any atom is -0.393 e. The second kappa shape index (κ2) is 7.31. The molecule has 0 aliphatic heterocycles. The molecule has 0 saturated heterocycles. The van der Waals surface area contributed by atoms with E-state index < -0.39 is 5.60 Å². The molecule has 5 rings (SSSR count). The van der Waals surface area contributed by atoms with Crippen LogP contribution in [0, 0.1) is 28.6 Å². The molecule has 0 spiro atoms. The monoisotopic (exact) mass is 415 g/mol. The molecule has 0 aromatic carbocycles. The summed E-state index contributed by atoms with van der Waals surface area (Å²) in [7, 11) is 0.